The molecule has 2 amide bonds. The lowest BCUT2D eigenvalue weighted by Crippen LogP contribution is -2.20. The zero-order chi connectivity index (χ0) is 10.7. The smallest absolute Gasteiger partial charge is 0.316 e. The number of carbonyl (C=O) groups is 1. The molecule has 0 unspecified atom stereocenters. The van der Waals surface area contributed by atoms with E-state index in [2.05, 4.69) is 5.32 Å². The first-order valence-corrected chi connectivity index (χ1v) is 3.83. The number of amides is 2. The molecule has 0 radical (unpaired) electrons. The Balaban J connectivity index is 3.22. The van der Waals surface area contributed by atoms with Crippen molar-refractivity contribution in [3.05, 3.63) is 33.9 Å². The third-order valence-electron chi connectivity index (χ3n) is 1.70. The van der Waals surface area contributed by atoms with Gasteiger partial charge < -0.3 is 11.1 Å². The highest BCUT2D eigenvalue weighted by Gasteiger charge is 2.16. The van der Waals surface area contributed by atoms with Crippen LogP contribution in [0.1, 0.15) is 5.56 Å². The van der Waals surface area contributed by atoms with Crippen molar-refractivity contribution in [2.75, 3.05) is 5.32 Å². The fraction of sp³-hybridized carbons (Fsp3) is 0.125. The normalized spacial score (nSPS) is 9.50. The summed E-state index contributed by atoms with van der Waals surface area (Å²) in [6, 6.07) is 3.68. The van der Waals surface area contributed by atoms with E-state index in [-0.39, 0.29) is 11.4 Å². The number of urea groups is 1. The summed E-state index contributed by atoms with van der Waals surface area (Å²) in [4.78, 5) is 20.6. The third-order valence-corrected chi connectivity index (χ3v) is 1.70. The largest absolute Gasteiger partial charge is 0.351 e. The van der Waals surface area contributed by atoms with Gasteiger partial charge >= 0.3 is 6.03 Å². The molecule has 0 saturated heterocycles. The summed E-state index contributed by atoms with van der Waals surface area (Å²) >= 11 is 0. The lowest BCUT2D eigenvalue weighted by Gasteiger charge is -2.05. The highest BCUT2D eigenvalue weighted by molar-refractivity contribution is 5.91. The van der Waals surface area contributed by atoms with Crippen LogP contribution >= 0.6 is 0 Å². The maximum atomic E-state index is 10.6. The number of benzene rings is 1. The molecular weight excluding hydrogens is 186 g/mol. The Morgan fingerprint density at radius 1 is 1.57 bits per heavy atom. The van der Waals surface area contributed by atoms with Crippen LogP contribution in [0, 0.1) is 17.0 Å². The third kappa shape index (κ3) is 1.98. The van der Waals surface area contributed by atoms with Gasteiger partial charge in [-0.05, 0) is 12.5 Å². The summed E-state index contributed by atoms with van der Waals surface area (Å²) in [5, 5.41) is 12.8. The highest BCUT2D eigenvalue weighted by atomic mass is 16.6. The standard InChI is InChI=1S/C8H9N3O3/c1-5-3-2-4-6(11(13)14)7(5)10-8(9)12/h2-4H,1H3,(H3,9,10,12). The summed E-state index contributed by atoms with van der Waals surface area (Å²) in [6.07, 6.45) is 0. The number of nitro benzene ring substituents is 1. The van der Waals surface area contributed by atoms with E-state index in [0.29, 0.717) is 5.56 Å². The van der Waals surface area contributed by atoms with Crippen molar-refractivity contribution in [2.24, 2.45) is 5.73 Å². The number of carbonyl (C=O) groups excluding carboxylic acids is 1. The first kappa shape index (κ1) is 9.97. The molecule has 0 fully saturated rings. The number of hydrogen-bond acceptors (Lipinski definition) is 3. The van der Waals surface area contributed by atoms with Crippen LogP contribution in [0.15, 0.2) is 18.2 Å². The molecule has 0 saturated carbocycles. The summed E-state index contributed by atoms with van der Waals surface area (Å²) in [5.74, 6) is 0. The van der Waals surface area contributed by atoms with Crippen molar-refractivity contribution in [2.45, 2.75) is 6.92 Å². The zero-order valence-electron chi connectivity index (χ0n) is 7.48. The van der Waals surface area contributed by atoms with Gasteiger partial charge in [0.15, 0.2) is 0 Å². The second kappa shape index (κ2) is 3.73. The van der Waals surface area contributed by atoms with Crippen LogP contribution in [0.4, 0.5) is 16.2 Å². The molecule has 0 aromatic heterocycles. The molecule has 6 nitrogen and oxygen atoms in total. The van der Waals surface area contributed by atoms with Gasteiger partial charge in [0.05, 0.1) is 4.92 Å². The maximum absolute atomic E-state index is 10.6. The van der Waals surface area contributed by atoms with Crippen molar-refractivity contribution in [3.63, 3.8) is 0 Å². The number of nitro groups is 1. The molecular formula is C8H9N3O3. The van der Waals surface area contributed by atoms with E-state index in [1.54, 1.807) is 19.1 Å². The van der Waals surface area contributed by atoms with Crippen molar-refractivity contribution in [1.29, 1.82) is 0 Å². The van der Waals surface area contributed by atoms with Gasteiger partial charge in [0, 0.05) is 6.07 Å². The molecule has 0 heterocycles. The van der Waals surface area contributed by atoms with E-state index >= 15 is 0 Å². The number of aryl methyl sites for hydroxylation is 1. The van der Waals surface area contributed by atoms with Crippen molar-refractivity contribution >= 4 is 17.4 Å². The van der Waals surface area contributed by atoms with Gasteiger partial charge in [-0.1, -0.05) is 12.1 Å². The topological polar surface area (TPSA) is 98.3 Å². The van der Waals surface area contributed by atoms with Gasteiger partial charge in [-0.15, -0.1) is 0 Å². The first-order chi connectivity index (χ1) is 6.52. The van der Waals surface area contributed by atoms with Crippen LogP contribution in [0.2, 0.25) is 0 Å². The van der Waals surface area contributed by atoms with Crippen molar-refractivity contribution in [3.8, 4) is 0 Å². The summed E-state index contributed by atoms with van der Waals surface area (Å²) < 4.78 is 0. The van der Waals surface area contributed by atoms with Crippen LogP contribution in [0.25, 0.3) is 0 Å². The van der Waals surface area contributed by atoms with Gasteiger partial charge in [0.1, 0.15) is 5.69 Å². The number of primary amides is 1. The molecule has 0 atom stereocenters. The highest BCUT2D eigenvalue weighted by Crippen LogP contribution is 2.27. The lowest BCUT2D eigenvalue weighted by atomic mass is 10.1. The monoisotopic (exact) mass is 195 g/mol. The van der Waals surface area contributed by atoms with Crippen LogP contribution < -0.4 is 11.1 Å². The Morgan fingerprint density at radius 2 is 2.21 bits per heavy atom. The zero-order valence-corrected chi connectivity index (χ0v) is 7.48. The SMILES string of the molecule is Cc1cccc([N+](=O)[O-])c1NC(N)=O. The minimum Gasteiger partial charge on any atom is -0.351 e. The molecule has 0 aliphatic rings. The summed E-state index contributed by atoms with van der Waals surface area (Å²) in [5.41, 5.74) is 5.47. The van der Waals surface area contributed by atoms with E-state index in [0.717, 1.165) is 0 Å². The molecule has 1 rings (SSSR count). The minimum absolute atomic E-state index is 0.144. The molecule has 6 heteroatoms. The summed E-state index contributed by atoms with van der Waals surface area (Å²) in [7, 11) is 0. The average Bonchev–Trinajstić information content (AvgIpc) is 2.07. The number of nitrogens with two attached hydrogens (primary N) is 1. The molecule has 0 aliphatic heterocycles. The first-order valence-electron chi connectivity index (χ1n) is 3.83. The summed E-state index contributed by atoms with van der Waals surface area (Å²) in [6.45, 7) is 1.65. The number of nitrogens with one attached hydrogen (secondary N) is 1. The molecule has 74 valence electrons. The van der Waals surface area contributed by atoms with E-state index in [4.69, 9.17) is 5.73 Å². The van der Waals surface area contributed by atoms with Gasteiger partial charge in [0.25, 0.3) is 5.69 Å². The second-order valence-corrected chi connectivity index (χ2v) is 2.72. The van der Waals surface area contributed by atoms with Crippen LogP contribution in [-0.2, 0) is 0 Å². The number of anilines is 1. The van der Waals surface area contributed by atoms with Crippen molar-refractivity contribution in [1.82, 2.24) is 0 Å². The molecule has 3 N–H and O–H groups in total. The van der Waals surface area contributed by atoms with Crippen LogP contribution in [-0.4, -0.2) is 11.0 Å². The molecule has 14 heavy (non-hydrogen) atoms. The molecule has 0 aliphatic carbocycles. The average molecular weight is 195 g/mol. The lowest BCUT2D eigenvalue weighted by molar-refractivity contribution is -0.383. The second-order valence-electron chi connectivity index (χ2n) is 2.72. The molecule has 0 spiro atoms. The predicted molar refractivity (Wildman–Crippen MR) is 51.0 cm³/mol. The van der Waals surface area contributed by atoms with Crippen molar-refractivity contribution < 1.29 is 9.72 Å². The number of nitrogens with zero attached hydrogens (tertiary/aromatic N) is 1. The van der Waals surface area contributed by atoms with E-state index < -0.39 is 11.0 Å². The fourth-order valence-electron chi connectivity index (χ4n) is 1.09. The van der Waals surface area contributed by atoms with E-state index in [1.807, 2.05) is 0 Å². The Hall–Kier alpha value is -2.11. The number of para-hydroxylation sites is 1. The van der Waals surface area contributed by atoms with E-state index in [1.165, 1.54) is 6.07 Å². The predicted octanol–water partition coefficient (Wildman–Crippen LogP) is 1.39. The minimum atomic E-state index is -0.817. The quantitative estimate of drug-likeness (QED) is 0.551. The Kier molecular flexibility index (Phi) is 2.66. The fourth-order valence-corrected chi connectivity index (χ4v) is 1.09. The molecule has 1 aromatic rings. The van der Waals surface area contributed by atoms with Gasteiger partial charge in [0.2, 0.25) is 0 Å². The van der Waals surface area contributed by atoms with E-state index in [9.17, 15) is 14.9 Å². The van der Waals surface area contributed by atoms with Gasteiger partial charge in [-0.25, -0.2) is 4.79 Å². The molecule has 1 aromatic carbocycles. The van der Waals surface area contributed by atoms with Gasteiger partial charge in [-0.2, -0.15) is 0 Å². The van der Waals surface area contributed by atoms with Crippen LogP contribution in [0.5, 0.6) is 0 Å². The Labute approximate surface area is 79.9 Å². The number of hydrogen-bond donors (Lipinski definition) is 2. The Bertz CT molecular complexity index is 389. The number of rotatable bonds is 2. The van der Waals surface area contributed by atoms with Crippen LogP contribution in [0.3, 0.4) is 0 Å². The van der Waals surface area contributed by atoms with Gasteiger partial charge in [-0.3, -0.25) is 10.1 Å². The Morgan fingerprint density at radius 3 is 2.71 bits per heavy atom. The molecule has 0 bridgehead atoms. The maximum Gasteiger partial charge on any atom is 0.316 e.